The second kappa shape index (κ2) is 3.32. The summed E-state index contributed by atoms with van der Waals surface area (Å²) in [5, 5.41) is 0. The van der Waals surface area contributed by atoms with Gasteiger partial charge in [-0.05, 0) is 18.1 Å². The molecule has 1 aromatic rings. The van der Waals surface area contributed by atoms with E-state index in [0.717, 1.165) is 12.1 Å². The number of nitrogens with two attached hydrogens (primary N) is 1. The van der Waals surface area contributed by atoms with Gasteiger partial charge in [0.2, 0.25) is 0 Å². The Bertz CT molecular complexity index is 185. The molecule has 2 nitrogen and oxygen atoms in total. The largest absolute Gasteiger partial charge is 0.325 e. The van der Waals surface area contributed by atoms with Crippen LogP contribution >= 0.6 is 0 Å². The molecule has 10 heavy (non-hydrogen) atoms. The van der Waals surface area contributed by atoms with E-state index < -0.39 is 0 Å². The summed E-state index contributed by atoms with van der Waals surface area (Å²) in [5.74, 6) is 0. The molecule has 0 spiro atoms. The first-order valence-corrected chi connectivity index (χ1v) is 3.51. The molecule has 0 fully saturated rings. The molecule has 0 aromatic carbocycles. The number of pyridine rings is 1. The summed E-state index contributed by atoms with van der Waals surface area (Å²) in [4.78, 5) is 4.14. The highest BCUT2D eigenvalue weighted by Crippen LogP contribution is 2.03. The lowest BCUT2D eigenvalue weighted by atomic mass is 10.1. The van der Waals surface area contributed by atoms with Crippen molar-refractivity contribution in [3.05, 3.63) is 29.6 Å². The number of hydrogen-bond donors (Lipinski definition) is 1. The number of nitrogens with zero attached hydrogens (tertiary/aromatic N) is 1. The van der Waals surface area contributed by atoms with E-state index in [1.165, 1.54) is 5.56 Å². The molecule has 0 radical (unpaired) electrons. The number of rotatable bonds is 2. The van der Waals surface area contributed by atoms with E-state index in [9.17, 15) is 0 Å². The SMILES string of the molecule is CCc1cccnc1CN. The Labute approximate surface area is 61.1 Å². The quantitative estimate of drug-likeness (QED) is 0.661. The van der Waals surface area contributed by atoms with Crippen molar-refractivity contribution in [3.63, 3.8) is 0 Å². The van der Waals surface area contributed by atoms with E-state index in [1.54, 1.807) is 6.20 Å². The molecule has 0 amide bonds. The molecule has 0 saturated carbocycles. The third kappa shape index (κ3) is 1.33. The van der Waals surface area contributed by atoms with Gasteiger partial charge in [0, 0.05) is 12.7 Å². The number of aryl methyl sites for hydroxylation is 1. The molecule has 54 valence electrons. The van der Waals surface area contributed by atoms with Crippen LogP contribution < -0.4 is 5.73 Å². The monoisotopic (exact) mass is 136 g/mol. The highest BCUT2D eigenvalue weighted by Gasteiger charge is 1.95. The van der Waals surface area contributed by atoms with Gasteiger partial charge in [0.1, 0.15) is 0 Å². The van der Waals surface area contributed by atoms with E-state index in [2.05, 4.69) is 18.0 Å². The van der Waals surface area contributed by atoms with Crippen LogP contribution in [-0.2, 0) is 13.0 Å². The zero-order valence-corrected chi connectivity index (χ0v) is 6.17. The van der Waals surface area contributed by atoms with Crippen LogP contribution in [0.1, 0.15) is 18.2 Å². The standard InChI is InChI=1S/C8H12N2/c1-2-7-4-3-5-10-8(7)6-9/h3-5H,2,6,9H2,1H3. The maximum absolute atomic E-state index is 5.46. The van der Waals surface area contributed by atoms with Crippen molar-refractivity contribution in [1.29, 1.82) is 0 Å². The summed E-state index contributed by atoms with van der Waals surface area (Å²) in [6.45, 7) is 2.65. The zero-order valence-electron chi connectivity index (χ0n) is 6.17. The minimum absolute atomic E-state index is 0.546. The predicted molar refractivity (Wildman–Crippen MR) is 41.5 cm³/mol. The Morgan fingerprint density at radius 1 is 1.60 bits per heavy atom. The van der Waals surface area contributed by atoms with Gasteiger partial charge in [0.05, 0.1) is 5.69 Å². The normalized spacial score (nSPS) is 9.80. The highest BCUT2D eigenvalue weighted by atomic mass is 14.7. The Kier molecular flexibility index (Phi) is 2.40. The molecule has 1 rings (SSSR count). The van der Waals surface area contributed by atoms with Gasteiger partial charge in [-0.25, -0.2) is 0 Å². The van der Waals surface area contributed by atoms with Crippen LogP contribution in [0.3, 0.4) is 0 Å². The van der Waals surface area contributed by atoms with E-state index in [-0.39, 0.29) is 0 Å². The van der Waals surface area contributed by atoms with Gasteiger partial charge in [0.25, 0.3) is 0 Å². The molecular formula is C8H12N2. The van der Waals surface area contributed by atoms with Gasteiger partial charge in [-0.15, -0.1) is 0 Å². The molecule has 1 aromatic heterocycles. The van der Waals surface area contributed by atoms with Gasteiger partial charge in [-0.3, -0.25) is 4.98 Å². The van der Waals surface area contributed by atoms with Crippen LogP contribution in [0.5, 0.6) is 0 Å². The number of hydrogen-bond acceptors (Lipinski definition) is 2. The second-order valence-electron chi connectivity index (χ2n) is 2.17. The van der Waals surface area contributed by atoms with Gasteiger partial charge in [-0.2, -0.15) is 0 Å². The molecule has 0 unspecified atom stereocenters. The molecular weight excluding hydrogens is 124 g/mol. The molecule has 0 aliphatic heterocycles. The minimum Gasteiger partial charge on any atom is -0.325 e. The third-order valence-corrected chi connectivity index (χ3v) is 1.56. The van der Waals surface area contributed by atoms with Crippen LogP contribution in [0.15, 0.2) is 18.3 Å². The van der Waals surface area contributed by atoms with E-state index in [0.29, 0.717) is 6.54 Å². The maximum Gasteiger partial charge on any atom is 0.0571 e. The fourth-order valence-electron chi connectivity index (χ4n) is 0.977. The Hall–Kier alpha value is -0.890. The molecule has 2 heteroatoms. The lowest BCUT2D eigenvalue weighted by Gasteiger charge is -2.01. The maximum atomic E-state index is 5.46. The van der Waals surface area contributed by atoms with Crippen molar-refractivity contribution in [2.75, 3.05) is 0 Å². The topological polar surface area (TPSA) is 38.9 Å². The Morgan fingerprint density at radius 2 is 2.40 bits per heavy atom. The molecule has 0 aliphatic carbocycles. The van der Waals surface area contributed by atoms with Gasteiger partial charge in [-0.1, -0.05) is 13.0 Å². The first-order chi connectivity index (χ1) is 4.88. The van der Waals surface area contributed by atoms with Gasteiger partial charge < -0.3 is 5.73 Å². The smallest absolute Gasteiger partial charge is 0.0571 e. The van der Waals surface area contributed by atoms with E-state index in [4.69, 9.17) is 5.73 Å². The summed E-state index contributed by atoms with van der Waals surface area (Å²) in [5.41, 5.74) is 7.74. The van der Waals surface area contributed by atoms with Gasteiger partial charge >= 0.3 is 0 Å². The van der Waals surface area contributed by atoms with Crippen LogP contribution in [0.4, 0.5) is 0 Å². The first kappa shape index (κ1) is 7.22. The van der Waals surface area contributed by atoms with Crippen molar-refractivity contribution in [1.82, 2.24) is 4.98 Å². The van der Waals surface area contributed by atoms with Crippen molar-refractivity contribution in [2.45, 2.75) is 19.9 Å². The molecule has 0 atom stereocenters. The van der Waals surface area contributed by atoms with Crippen LogP contribution in [0.2, 0.25) is 0 Å². The average molecular weight is 136 g/mol. The molecule has 0 aliphatic rings. The lowest BCUT2D eigenvalue weighted by Crippen LogP contribution is -2.02. The average Bonchev–Trinajstić information content (AvgIpc) is 2.04. The van der Waals surface area contributed by atoms with Crippen LogP contribution in [0, 0.1) is 0 Å². The molecule has 0 saturated heterocycles. The third-order valence-electron chi connectivity index (χ3n) is 1.56. The summed E-state index contributed by atoms with van der Waals surface area (Å²) >= 11 is 0. The Morgan fingerprint density at radius 3 is 2.90 bits per heavy atom. The van der Waals surface area contributed by atoms with Gasteiger partial charge in [0.15, 0.2) is 0 Å². The zero-order chi connectivity index (χ0) is 7.40. The van der Waals surface area contributed by atoms with E-state index in [1.807, 2.05) is 6.07 Å². The molecule has 0 bridgehead atoms. The van der Waals surface area contributed by atoms with E-state index >= 15 is 0 Å². The first-order valence-electron chi connectivity index (χ1n) is 3.51. The Balaban J connectivity index is 2.96. The minimum atomic E-state index is 0.546. The molecule has 2 N–H and O–H groups in total. The summed E-state index contributed by atoms with van der Waals surface area (Å²) in [7, 11) is 0. The fraction of sp³-hybridized carbons (Fsp3) is 0.375. The summed E-state index contributed by atoms with van der Waals surface area (Å²) < 4.78 is 0. The predicted octanol–water partition coefficient (Wildman–Crippen LogP) is 1.10. The second-order valence-corrected chi connectivity index (χ2v) is 2.17. The molecule has 1 heterocycles. The van der Waals surface area contributed by atoms with Crippen molar-refractivity contribution >= 4 is 0 Å². The van der Waals surface area contributed by atoms with Crippen molar-refractivity contribution in [3.8, 4) is 0 Å². The van der Waals surface area contributed by atoms with Crippen LogP contribution in [-0.4, -0.2) is 4.98 Å². The lowest BCUT2D eigenvalue weighted by molar-refractivity contribution is 0.936. The fourth-order valence-corrected chi connectivity index (χ4v) is 0.977. The highest BCUT2D eigenvalue weighted by molar-refractivity contribution is 5.18. The van der Waals surface area contributed by atoms with Crippen molar-refractivity contribution in [2.24, 2.45) is 5.73 Å². The summed E-state index contributed by atoms with van der Waals surface area (Å²) in [6.07, 6.45) is 2.79. The van der Waals surface area contributed by atoms with Crippen LogP contribution in [0.25, 0.3) is 0 Å². The van der Waals surface area contributed by atoms with Crippen molar-refractivity contribution < 1.29 is 0 Å². The number of aromatic nitrogens is 1. The summed E-state index contributed by atoms with van der Waals surface area (Å²) in [6, 6.07) is 4.01.